The van der Waals surface area contributed by atoms with Crippen LogP contribution in [0.5, 0.6) is 0 Å². The summed E-state index contributed by atoms with van der Waals surface area (Å²) in [7, 11) is -4.67. The summed E-state index contributed by atoms with van der Waals surface area (Å²) >= 11 is 0. The number of unbranched alkanes of at least 4 members (excludes halogenated alkanes) is 45. The number of hydrogen-bond acceptors (Lipinski definition) is 2. The lowest BCUT2D eigenvalue weighted by Gasteiger charge is -2.16. The molecule has 0 saturated heterocycles. The molecule has 0 spiro atoms. The first-order chi connectivity index (χ1) is 31.8. The van der Waals surface area contributed by atoms with Crippen molar-refractivity contribution in [1.82, 2.24) is 0 Å². The Labute approximate surface area is 409 Å². The third-order valence-electron chi connectivity index (χ3n) is 14.2. The monoisotopic (exact) mass is 933 g/mol. The SMILES string of the molecule is CCCCCCCCCCCCCCCCCCc1cccc(CCCCCCCCCCCCCCCCCC)c1CCCCCCCCCCCCCCCCCC.O=S(=O)(O)O. The van der Waals surface area contributed by atoms with E-state index in [0.717, 1.165) is 0 Å². The van der Waals surface area contributed by atoms with Gasteiger partial charge in [-0.1, -0.05) is 328 Å². The Morgan fingerprint density at radius 3 is 0.615 bits per heavy atom. The molecule has 386 valence electrons. The van der Waals surface area contributed by atoms with Gasteiger partial charge in [-0.2, -0.15) is 8.42 Å². The lowest BCUT2D eigenvalue weighted by Crippen LogP contribution is -2.02. The zero-order chi connectivity index (χ0) is 47.4. The first-order valence-corrected chi connectivity index (χ1v) is 31.0. The van der Waals surface area contributed by atoms with Crippen molar-refractivity contribution in [3.63, 3.8) is 0 Å². The Bertz CT molecular complexity index is 1100. The van der Waals surface area contributed by atoms with Gasteiger partial charge in [0.2, 0.25) is 0 Å². The van der Waals surface area contributed by atoms with Gasteiger partial charge in [0.05, 0.1) is 0 Å². The Kier molecular flexibility index (Phi) is 51.7. The molecule has 0 bridgehead atoms. The molecule has 0 aliphatic heterocycles. The molecule has 0 saturated carbocycles. The molecule has 2 N–H and O–H groups in total. The second kappa shape index (κ2) is 52.5. The average Bonchev–Trinajstić information content (AvgIpc) is 3.28. The van der Waals surface area contributed by atoms with Gasteiger partial charge in [-0.25, -0.2) is 0 Å². The summed E-state index contributed by atoms with van der Waals surface area (Å²) in [6, 6.07) is 7.45. The molecule has 0 amide bonds. The molecule has 0 radical (unpaired) electrons. The van der Waals surface area contributed by atoms with Crippen LogP contribution in [0.1, 0.15) is 346 Å². The predicted octanol–water partition coefficient (Wildman–Crippen LogP) is 21.4. The van der Waals surface area contributed by atoms with E-state index in [-0.39, 0.29) is 0 Å². The van der Waals surface area contributed by atoms with Crippen LogP contribution in [0.4, 0.5) is 0 Å². The lowest BCUT2D eigenvalue weighted by atomic mass is 9.90. The maximum atomic E-state index is 8.74. The first-order valence-electron chi connectivity index (χ1n) is 29.6. The molecule has 0 aliphatic rings. The second-order valence-electron chi connectivity index (χ2n) is 20.7. The van der Waals surface area contributed by atoms with Gasteiger partial charge in [0, 0.05) is 0 Å². The van der Waals surface area contributed by atoms with Crippen molar-refractivity contribution in [3.05, 3.63) is 34.9 Å². The van der Waals surface area contributed by atoms with Gasteiger partial charge in [-0.05, 0) is 55.2 Å². The van der Waals surface area contributed by atoms with Crippen LogP contribution in [0.25, 0.3) is 0 Å². The van der Waals surface area contributed by atoms with E-state index in [9.17, 15) is 0 Å². The Morgan fingerprint density at radius 1 is 0.277 bits per heavy atom. The van der Waals surface area contributed by atoms with E-state index in [0.29, 0.717) is 0 Å². The molecule has 1 aromatic rings. The molecular weight excluding hydrogens is 817 g/mol. The van der Waals surface area contributed by atoms with Crippen molar-refractivity contribution in [2.24, 2.45) is 0 Å². The van der Waals surface area contributed by atoms with Gasteiger partial charge in [-0.3, -0.25) is 9.11 Å². The Morgan fingerprint density at radius 2 is 0.431 bits per heavy atom. The van der Waals surface area contributed by atoms with Crippen LogP contribution in [0.15, 0.2) is 18.2 Å². The zero-order valence-electron chi connectivity index (χ0n) is 44.4. The summed E-state index contributed by atoms with van der Waals surface area (Å²) in [6.07, 6.45) is 73.9. The van der Waals surface area contributed by atoms with Crippen LogP contribution in [0, 0.1) is 0 Å². The minimum Gasteiger partial charge on any atom is -0.264 e. The molecule has 0 aromatic heterocycles. The summed E-state index contributed by atoms with van der Waals surface area (Å²) in [5, 5.41) is 0. The van der Waals surface area contributed by atoms with Crippen molar-refractivity contribution in [1.29, 1.82) is 0 Å². The fourth-order valence-corrected chi connectivity index (χ4v) is 10.1. The molecule has 0 fully saturated rings. The molecule has 0 atom stereocenters. The first kappa shape index (κ1) is 64.1. The highest BCUT2D eigenvalue weighted by Gasteiger charge is 2.09. The predicted molar refractivity (Wildman–Crippen MR) is 290 cm³/mol. The summed E-state index contributed by atoms with van der Waals surface area (Å²) in [6.45, 7) is 6.96. The smallest absolute Gasteiger partial charge is 0.264 e. The normalized spacial score (nSPS) is 11.6. The second-order valence-corrected chi connectivity index (χ2v) is 21.6. The van der Waals surface area contributed by atoms with Gasteiger partial charge >= 0.3 is 10.4 Å². The third kappa shape index (κ3) is 52.3. The molecule has 0 aliphatic carbocycles. The highest BCUT2D eigenvalue weighted by Crippen LogP contribution is 2.24. The van der Waals surface area contributed by atoms with E-state index in [1.807, 2.05) is 0 Å². The molecule has 0 unspecified atom stereocenters. The van der Waals surface area contributed by atoms with Crippen LogP contribution in [0.2, 0.25) is 0 Å². The average molecular weight is 934 g/mol. The van der Waals surface area contributed by atoms with Crippen LogP contribution in [-0.2, 0) is 29.7 Å². The number of rotatable bonds is 51. The molecule has 4 nitrogen and oxygen atoms in total. The molecule has 65 heavy (non-hydrogen) atoms. The lowest BCUT2D eigenvalue weighted by molar-refractivity contribution is 0.381. The third-order valence-corrected chi connectivity index (χ3v) is 14.2. The largest absolute Gasteiger partial charge is 0.394 e. The summed E-state index contributed by atoms with van der Waals surface area (Å²) in [4.78, 5) is 0. The van der Waals surface area contributed by atoms with Crippen LogP contribution in [0.3, 0.4) is 0 Å². The fraction of sp³-hybridized carbons (Fsp3) is 0.900. The van der Waals surface area contributed by atoms with E-state index < -0.39 is 10.4 Å². The number of hydrogen-bond donors (Lipinski definition) is 2. The standard InChI is InChI=1S/C60H114.H2O4S/c1-4-7-10-13-16-19-22-25-28-31-34-37-40-43-46-49-53-58-55-52-56-59(54-50-47-44-41-38-35-32-29-26-23-20-17-14-11-8-5-2)60(58)57-51-48-45-42-39-36-33-30-27-24-21-18-15-12-9-6-3;1-5(2,3)4/h52,55-56H,4-51,53-54,57H2,1-3H3;(H2,1,2,3,4). The van der Waals surface area contributed by atoms with Gasteiger partial charge in [-0.15, -0.1) is 0 Å². The van der Waals surface area contributed by atoms with Crippen molar-refractivity contribution >= 4 is 10.4 Å². The minimum absolute atomic E-state index is 1.32. The van der Waals surface area contributed by atoms with Gasteiger partial charge < -0.3 is 0 Å². The van der Waals surface area contributed by atoms with Crippen molar-refractivity contribution in [3.8, 4) is 0 Å². The molecular formula is C60H116O4S. The van der Waals surface area contributed by atoms with Crippen LogP contribution < -0.4 is 0 Å². The summed E-state index contributed by atoms with van der Waals surface area (Å²) < 4.78 is 31.6. The van der Waals surface area contributed by atoms with E-state index >= 15 is 0 Å². The van der Waals surface area contributed by atoms with E-state index in [1.165, 1.54) is 327 Å². The maximum Gasteiger partial charge on any atom is 0.394 e. The maximum absolute atomic E-state index is 8.74. The fourth-order valence-electron chi connectivity index (χ4n) is 10.1. The number of aryl methyl sites for hydroxylation is 2. The molecule has 1 rings (SSSR count). The summed E-state index contributed by atoms with van der Waals surface area (Å²) in [5.74, 6) is 0. The van der Waals surface area contributed by atoms with Crippen molar-refractivity contribution < 1.29 is 17.5 Å². The number of benzene rings is 1. The van der Waals surface area contributed by atoms with Gasteiger partial charge in [0.1, 0.15) is 0 Å². The van der Waals surface area contributed by atoms with Gasteiger partial charge in [0.15, 0.2) is 0 Å². The van der Waals surface area contributed by atoms with Gasteiger partial charge in [0.25, 0.3) is 0 Å². The highest BCUT2D eigenvalue weighted by atomic mass is 32.3. The topological polar surface area (TPSA) is 74.6 Å². The van der Waals surface area contributed by atoms with Crippen LogP contribution >= 0.6 is 0 Å². The molecule has 1 aromatic carbocycles. The van der Waals surface area contributed by atoms with Crippen molar-refractivity contribution in [2.45, 2.75) is 348 Å². The molecule has 5 heteroatoms. The van der Waals surface area contributed by atoms with E-state index in [2.05, 4.69) is 39.0 Å². The van der Waals surface area contributed by atoms with Crippen molar-refractivity contribution in [2.75, 3.05) is 0 Å². The van der Waals surface area contributed by atoms with E-state index in [1.54, 1.807) is 16.7 Å². The zero-order valence-corrected chi connectivity index (χ0v) is 45.2. The summed E-state index contributed by atoms with van der Waals surface area (Å²) in [5.41, 5.74) is 5.22. The quantitative estimate of drug-likeness (QED) is 0.0504. The highest BCUT2D eigenvalue weighted by molar-refractivity contribution is 7.79. The van der Waals surface area contributed by atoms with E-state index in [4.69, 9.17) is 17.5 Å². The minimum atomic E-state index is -4.67. The van der Waals surface area contributed by atoms with Crippen LogP contribution in [-0.4, -0.2) is 17.5 Å². The molecule has 0 heterocycles. The Hall–Kier alpha value is -0.910. The Balaban J connectivity index is 0.00000772.